The van der Waals surface area contributed by atoms with E-state index in [1.54, 1.807) is 19.1 Å². The molecule has 0 radical (unpaired) electrons. The maximum atomic E-state index is 13.2. The Balaban J connectivity index is 1.38. The molecule has 2 N–H and O–H groups in total. The summed E-state index contributed by atoms with van der Waals surface area (Å²) in [4.78, 5) is 16.4. The van der Waals surface area contributed by atoms with E-state index in [4.69, 9.17) is 0 Å². The lowest BCUT2D eigenvalue weighted by Gasteiger charge is -2.06. The largest absolute Gasteiger partial charge is 0.351 e. The number of carbonyl (C=O) groups excluding carboxylic acids is 1. The van der Waals surface area contributed by atoms with Gasteiger partial charge in [0.25, 0.3) is 0 Å². The van der Waals surface area contributed by atoms with E-state index in [2.05, 4.69) is 20.5 Å². The quantitative estimate of drug-likeness (QED) is 0.688. The van der Waals surface area contributed by atoms with Crippen LogP contribution < -0.4 is 5.32 Å². The highest BCUT2D eigenvalue weighted by molar-refractivity contribution is 7.99. The lowest BCUT2D eigenvalue weighted by atomic mass is 10.0. The van der Waals surface area contributed by atoms with E-state index in [0.29, 0.717) is 17.3 Å². The van der Waals surface area contributed by atoms with Gasteiger partial charge in [-0.15, -0.1) is 5.10 Å². The first kappa shape index (κ1) is 18.9. The molecule has 7 heteroatoms. The molecule has 140 valence electrons. The van der Waals surface area contributed by atoms with E-state index in [1.807, 2.05) is 0 Å². The molecule has 1 fully saturated rings. The lowest BCUT2D eigenvalue weighted by molar-refractivity contribution is -0.118. The number of benzene rings is 1. The number of amides is 1. The van der Waals surface area contributed by atoms with Gasteiger partial charge in [0.05, 0.1) is 5.75 Å². The first-order chi connectivity index (χ1) is 12.6. The Morgan fingerprint density at radius 2 is 2.19 bits per heavy atom. The number of rotatable bonds is 8. The first-order valence-electron chi connectivity index (χ1n) is 9.16. The molecule has 1 aliphatic carbocycles. The molecule has 1 aromatic heterocycles. The van der Waals surface area contributed by atoms with Crippen LogP contribution in [0.3, 0.4) is 0 Å². The van der Waals surface area contributed by atoms with E-state index < -0.39 is 0 Å². The number of nitrogens with one attached hydrogen (secondary N) is 2. The molecule has 0 spiro atoms. The number of halogens is 1. The minimum Gasteiger partial charge on any atom is -0.351 e. The average Bonchev–Trinajstić information content (AvgIpc) is 3.30. The minimum atomic E-state index is -0.232. The Labute approximate surface area is 157 Å². The molecule has 0 aliphatic heterocycles. The average molecular weight is 377 g/mol. The summed E-state index contributed by atoms with van der Waals surface area (Å²) in [6.45, 7) is 2.10. The zero-order valence-electron chi connectivity index (χ0n) is 15.1. The van der Waals surface area contributed by atoms with Crippen LogP contribution in [0.25, 0.3) is 0 Å². The van der Waals surface area contributed by atoms with Gasteiger partial charge < -0.3 is 5.32 Å². The summed E-state index contributed by atoms with van der Waals surface area (Å²) >= 11 is 1.32. The third-order valence-corrected chi connectivity index (χ3v) is 5.67. The van der Waals surface area contributed by atoms with Crippen molar-refractivity contribution in [1.29, 1.82) is 0 Å². The van der Waals surface area contributed by atoms with Crippen LogP contribution in [0.15, 0.2) is 23.4 Å². The van der Waals surface area contributed by atoms with Crippen molar-refractivity contribution in [3.63, 3.8) is 0 Å². The number of carbonyl (C=O) groups is 1. The van der Waals surface area contributed by atoms with Gasteiger partial charge in [-0.2, -0.15) is 0 Å². The fourth-order valence-corrected chi connectivity index (χ4v) is 3.94. The number of nitrogens with zero attached hydrogens (tertiary/aromatic N) is 2. The summed E-state index contributed by atoms with van der Waals surface area (Å²) in [6, 6.07) is 4.85. The predicted molar refractivity (Wildman–Crippen MR) is 100 cm³/mol. The number of thioether (sulfide) groups is 1. The van der Waals surface area contributed by atoms with Crippen LogP contribution in [-0.2, 0) is 17.8 Å². The van der Waals surface area contributed by atoms with Crippen molar-refractivity contribution in [3.05, 3.63) is 41.0 Å². The van der Waals surface area contributed by atoms with Crippen molar-refractivity contribution in [2.45, 2.75) is 57.1 Å². The molecule has 3 rings (SSSR count). The molecule has 0 unspecified atom stereocenters. The van der Waals surface area contributed by atoms with E-state index >= 15 is 0 Å². The van der Waals surface area contributed by atoms with Crippen molar-refractivity contribution in [2.24, 2.45) is 5.92 Å². The normalized spacial score (nSPS) is 14.7. The summed E-state index contributed by atoms with van der Waals surface area (Å²) < 4.78 is 13.2. The number of hydrogen-bond acceptors (Lipinski definition) is 4. The number of H-pyrrole nitrogens is 1. The van der Waals surface area contributed by atoms with Crippen molar-refractivity contribution in [3.8, 4) is 0 Å². The molecular weight excluding hydrogens is 351 g/mol. The summed E-state index contributed by atoms with van der Waals surface area (Å²) in [5.74, 6) is 1.68. The molecule has 0 saturated heterocycles. The molecule has 5 nitrogen and oxygen atoms in total. The Morgan fingerprint density at radius 1 is 1.38 bits per heavy atom. The summed E-state index contributed by atoms with van der Waals surface area (Å²) in [5.41, 5.74) is 1.46. The maximum Gasteiger partial charge on any atom is 0.230 e. The molecule has 0 bridgehead atoms. The lowest BCUT2D eigenvalue weighted by Crippen LogP contribution is -2.24. The van der Waals surface area contributed by atoms with Crippen LogP contribution in [0.5, 0.6) is 0 Å². The van der Waals surface area contributed by atoms with Gasteiger partial charge in [-0.25, -0.2) is 9.37 Å². The molecule has 1 heterocycles. The molecule has 0 atom stereocenters. The van der Waals surface area contributed by atoms with Crippen LogP contribution in [0.4, 0.5) is 4.39 Å². The number of aromatic nitrogens is 3. The monoisotopic (exact) mass is 376 g/mol. The van der Waals surface area contributed by atoms with Gasteiger partial charge in [-0.3, -0.25) is 9.89 Å². The molecule has 1 amide bonds. The second-order valence-electron chi connectivity index (χ2n) is 6.90. The highest BCUT2D eigenvalue weighted by Gasteiger charge is 2.16. The van der Waals surface area contributed by atoms with Gasteiger partial charge in [0.2, 0.25) is 11.1 Å². The summed E-state index contributed by atoms with van der Waals surface area (Å²) in [6.07, 6.45) is 7.47. The van der Waals surface area contributed by atoms with Crippen molar-refractivity contribution in [2.75, 3.05) is 5.75 Å². The van der Waals surface area contributed by atoms with Crippen LogP contribution in [0.1, 0.15) is 49.1 Å². The van der Waals surface area contributed by atoms with Gasteiger partial charge >= 0.3 is 0 Å². The number of aryl methyl sites for hydroxylation is 2. The topological polar surface area (TPSA) is 70.7 Å². The third kappa shape index (κ3) is 5.56. The van der Waals surface area contributed by atoms with Crippen LogP contribution in [-0.4, -0.2) is 26.8 Å². The Bertz CT molecular complexity index is 743. The molecule has 1 aromatic carbocycles. The van der Waals surface area contributed by atoms with Crippen molar-refractivity contribution >= 4 is 17.7 Å². The molecular formula is C19H25FN4OS. The fraction of sp³-hybridized carbons (Fsp3) is 0.526. The fourth-order valence-electron chi connectivity index (χ4n) is 3.29. The SMILES string of the molecule is Cc1cc(CNC(=O)CSc2n[nH]c(CCC3CCCC3)n2)ccc1F. The van der Waals surface area contributed by atoms with Crippen LogP contribution >= 0.6 is 11.8 Å². The maximum absolute atomic E-state index is 13.2. The second kappa shape index (κ2) is 9.16. The van der Waals surface area contributed by atoms with Crippen molar-refractivity contribution in [1.82, 2.24) is 20.5 Å². The third-order valence-electron chi connectivity index (χ3n) is 4.82. The minimum absolute atomic E-state index is 0.0886. The van der Waals surface area contributed by atoms with Gasteiger partial charge in [-0.1, -0.05) is 49.6 Å². The van der Waals surface area contributed by atoms with Crippen LogP contribution in [0, 0.1) is 18.7 Å². The Morgan fingerprint density at radius 3 is 2.96 bits per heavy atom. The summed E-state index contributed by atoms with van der Waals surface area (Å²) in [5, 5.41) is 10.6. The molecule has 26 heavy (non-hydrogen) atoms. The van der Waals surface area contributed by atoms with E-state index in [9.17, 15) is 9.18 Å². The predicted octanol–water partition coefficient (Wildman–Crippen LogP) is 3.78. The zero-order valence-corrected chi connectivity index (χ0v) is 15.9. The van der Waals surface area contributed by atoms with Gasteiger partial charge in [-0.05, 0) is 36.5 Å². The second-order valence-corrected chi connectivity index (χ2v) is 7.85. The molecule has 1 aliphatic rings. The molecule has 1 saturated carbocycles. The van der Waals surface area contributed by atoms with Gasteiger partial charge in [0.1, 0.15) is 11.6 Å². The number of hydrogen-bond donors (Lipinski definition) is 2. The smallest absolute Gasteiger partial charge is 0.230 e. The van der Waals surface area contributed by atoms with E-state index in [1.165, 1.54) is 43.5 Å². The van der Waals surface area contributed by atoms with Gasteiger partial charge in [0, 0.05) is 13.0 Å². The Kier molecular flexibility index (Phi) is 6.66. The summed E-state index contributed by atoms with van der Waals surface area (Å²) in [7, 11) is 0. The highest BCUT2D eigenvalue weighted by Crippen LogP contribution is 2.28. The zero-order chi connectivity index (χ0) is 18.4. The molecule has 2 aromatic rings. The van der Waals surface area contributed by atoms with E-state index in [0.717, 1.165) is 30.1 Å². The van der Waals surface area contributed by atoms with E-state index in [-0.39, 0.29) is 17.5 Å². The Hall–Kier alpha value is -1.89. The first-order valence-corrected chi connectivity index (χ1v) is 10.1. The van der Waals surface area contributed by atoms with Crippen LogP contribution in [0.2, 0.25) is 0 Å². The number of aromatic amines is 1. The van der Waals surface area contributed by atoms with Crippen molar-refractivity contribution < 1.29 is 9.18 Å². The van der Waals surface area contributed by atoms with Gasteiger partial charge in [0.15, 0.2) is 0 Å². The standard InChI is InChI=1S/C19H25FN4OS/c1-13-10-15(6-8-16(13)20)11-21-18(25)12-26-19-22-17(23-24-19)9-7-14-4-2-3-5-14/h6,8,10,14H,2-5,7,9,11-12H2,1H3,(H,21,25)(H,22,23,24). The highest BCUT2D eigenvalue weighted by atomic mass is 32.2.